The molecule has 1 aliphatic heterocycles. The predicted molar refractivity (Wildman–Crippen MR) is 143 cm³/mol. The van der Waals surface area contributed by atoms with Crippen molar-refractivity contribution in [2.45, 2.75) is 58.2 Å². The first-order chi connectivity index (χ1) is 15.1. The Morgan fingerprint density at radius 2 is 1.79 bits per heavy atom. The van der Waals surface area contributed by atoms with Crippen LogP contribution >= 0.6 is 24.0 Å². The maximum atomic E-state index is 12.0. The van der Waals surface area contributed by atoms with Crippen LogP contribution in [0.1, 0.15) is 45.6 Å². The fourth-order valence-corrected chi connectivity index (χ4v) is 3.39. The normalized spacial score (nSPS) is 15.4. The molecule has 0 aliphatic carbocycles. The molecule has 1 aromatic rings. The summed E-state index contributed by atoms with van der Waals surface area (Å²) in [5.41, 5.74) is 0.824. The van der Waals surface area contributed by atoms with E-state index in [1.165, 1.54) is 10.5 Å². The van der Waals surface area contributed by atoms with E-state index < -0.39 is 5.60 Å². The number of aliphatic imine (C=N–C) groups is 1. The minimum atomic E-state index is -0.502. The van der Waals surface area contributed by atoms with Crippen molar-refractivity contribution >= 4 is 41.8 Å². The number of amides is 1. The highest BCUT2D eigenvalue weighted by molar-refractivity contribution is 14.0. The second-order valence-corrected chi connectivity index (χ2v) is 9.40. The van der Waals surface area contributed by atoms with Crippen LogP contribution in [-0.2, 0) is 20.9 Å². The van der Waals surface area contributed by atoms with Crippen molar-refractivity contribution in [2.24, 2.45) is 4.99 Å². The second-order valence-electron chi connectivity index (χ2n) is 9.40. The van der Waals surface area contributed by atoms with Crippen LogP contribution in [0.5, 0.6) is 0 Å². The number of likely N-dealkylation sites (tertiary alicyclic amines) is 1. The molecule has 2 N–H and O–H groups in total. The van der Waals surface area contributed by atoms with Crippen molar-refractivity contribution in [3.05, 3.63) is 35.9 Å². The zero-order chi connectivity index (χ0) is 23.6. The number of carbonyl (C=O) groups excluding carboxylic acids is 2. The van der Waals surface area contributed by atoms with Crippen molar-refractivity contribution < 1.29 is 14.3 Å². The molecule has 1 saturated heterocycles. The summed E-state index contributed by atoms with van der Waals surface area (Å²) in [6.45, 7) is 8.95. The molecule has 1 fully saturated rings. The van der Waals surface area contributed by atoms with Crippen molar-refractivity contribution in [3.63, 3.8) is 0 Å². The van der Waals surface area contributed by atoms with Crippen LogP contribution in [0.2, 0.25) is 0 Å². The number of hydrogen-bond acceptors (Lipinski definition) is 5. The lowest BCUT2D eigenvalue weighted by Gasteiger charge is -2.33. The Hall–Kier alpha value is -1.88. The highest BCUT2D eigenvalue weighted by atomic mass is 127. The number of ether oxygens (including phenoxy) is 1. The molecule has 1 heterocycles. The van der Waals surface area contributed by atoms with Gasteiger partial charge in [0, 0.05) is 46.3 Å². The first kappa shape index (κ1) is 29.2. The smallest absolute Gasteiger partial charge is 0.308 e. The zero-order valence-corrected chi connectivity index (χ0v) is 22.9. The highest BCUT2D eigenvalue weighted by Crippen LogP contribution is 2.14. The number of carbonyl (C=O) groups is 2. The Kier molecular flexibility index (Phi) is 12.7. The summed E-state index contributed by atoms with van der Waals surface area (Å²) in [5, 5.41) is 6.63. The molecule has 1 aliphatic rings. The summed E-state index contributed by atoms with van der Waals surface area (Å²) >= 11 is 0. The average Bonchev–Trinajstić information content (AvgIpc) is 2.72. The van der Waals surface area contributed by atoms with Crippen molar-refractivity contribution in [1.82, 2.24) is 20.4 Å². The van der Waals surface area contributed by atoms with Gasteiger partial charge in [-0.05, 0) is 39.2 Å². The number of nitrogens with zero attached hydrogens (tertiary/aromatic N) is 3. The first-order valence-corrected chi connectivity index (χ1v) is 11.4. The number of hydrogen-bond donors (Lipinski definition) is 2. The van der Waals surface area contributed by atoms with E-state index in [4.69, 9.17) is 4.74 Å². The molecule has 0 radical (unpaired) electrons. The topological polar surface area (TPSA) is 86.3 Å². The molecule has 0 atom stereocenters. The molecule has 0 spiro atoms. The Morgan fingerprint density at radius 3 is 2.36 bits per heavy atom. The van der Waals surface area contributed by atoms with Gasteiger partial charge in [0.05, 0.1) is 6.42 Å². The zero-order valence-electron chi connectivity index (χ0n) is 20.6. The lowest BCUT2D eigenvalue weighted by atomic mass is 10.0. The van der Waals surface area contributed by atoms with E-state index in [2.05, 4.69) is 44.8 Å². The van der Waals surface area contributed by atoms with E-state index in [1.54, 1.807) is 14.1 Å². The maximum absolute atomic E-state index is 12.0. The van der Waals surface area contributed by atoms with Gasteiger partial charge in [0.25, 0.3) is 0 Å². The van der Waals surface area contributed by atoms with E-state index in [-0.39, 0.29) is 54.9 Å². The number of benzene rings is 1. The van der Waals surface area contributed by atoms with Gasteiger partial charge in [-0.1, -0.05) is 30.3 Å². The monoisotopic (exact) mass is 573 g/mol. The van der Waals surface area contributed by atoms with Gasteiger partial charge >= 0.3 is 5.97 Å². The summed E-state index contributed by atoms with van der Waals surface area (Å²) in [7, 11) is 3.42. The Balaban J connectivity index is 0.00000544. The van der Waals surface area contributed by atoms with Crippen LogP contribution in [0.4, 0.5) is 0 Å². The summed E-state index contributed by atoms with van der Waals surface area (Å²) in [5.74, 6) is 0.226. The third kappa shape index (κ3) is 12.2. The largest absolute Gasteiger partial charge is 0.460 e. The first-order valence-electron chi connectivity index (χ1n) is 11.4. The van der Waals surface area contributed by atoms with Gasteiger partial charge in [0.1, 0.15) is 12.1 Å². The average molecular weight is 574 g/mol. The number of esters is 1. The van der Waals surface area contributed by atoms with Gasteiger partial charge in [0.2, 0.25) is 5.91 Å². The summed E-state index contributed by atoms with van der Waals surface area (Å²) < 4.78 is 5.35. The standard InChI is InChI=1S/C24H39N5O3.HI/c1-24(2,3)32-22(31)11-14-25-23(26-17-21(30)28(4)5)27-20-12-15-29(16-13-20)18-19-9-7-6-8-10-19;/h6-10,20H,11-18H2,1-5H3,(H2,25,26,27);1H. The molecule has 1 aromatic carbocycles. The third-order valence-corrected chi connectivity index (χ3v) is 5.09. The van der Waals surface area contributed by atoms with Gasteiger partial charge in [-0.15, -0.1) is 24.0 Å². The minimum absolute atomic E-state index is 0. The van der Waals surface area contributed by atoms with Gasteiger partial charge in [-0.25, -0.2) is 4.99 Å². The molecule has 9 heteroatoms. The van der Waals surface area contributed by atoms with Crippen LogP contribution in [-0.4, -0.2) is 79.6 Å². The van der Waals surface area contributed by atoms with Gasteiger partial charge in [0.15, 0.2) is 5.96 Å². The van der Waals surface area contributed by atoms with E-state index in [0.29, 0.717) is 12.5 Å². The van der Waals surface area contributed by atoms with Crippen LogP contribution in [0.15, 0.2) is 35.3 Å². The summed E-state index contributed by atoms with van der Waals surface area (Å²) in [4.78, 5) is 32.4. The van der Waals surface area contributed by atoms with Gasteiger partial charge < -0.3 is 20.3 Å². The maximum Gasteiger partial charge on any atom is 0.308 e. The second kappa shape index (κ2) is 14.4. The molecule has 186 valence electrons. The van der Waals surface area contributed by atoms with Crippen LogP contribution < -0.4 is 10.6 Å². The molecular weight excluding hydrogens is 533 g/mol. The van der Waals surface area contributed by atoms with Crippen molar-refractivity contribution in [2.75, 3.05) is 40.3 Å². The third-order valence-electron chi connectivity index (χ3n) is 5.09. The number of halogens is 1. The van der Waals surface area contributed by atoms with Crippen LogP contribution in [0, 0.1) is 0 Å². The molecule has 0 unspecified atom stereocenters. The number of likely N-dealkylation sites (N-methyl/N-ethyl adjacent to an activating group) is 1. The van der Waals surface area contributed by atoms with Crippen molar-refractivity contribution in [3.8, 4) is 0 Å². The molecule has 2 rings (SSSR count). The molecule has 0 saturated carbocycles. The molecule has 0 bridgehead atoms. The van der Waals surface area contributed by atoms with Crippen LogP contribution in [0.25, 0.3) is 0 Å². The molecule has 1 amide bonds. The van der Waals surface area contributed by atoms with E-state index in [1.807, 2.05) is 26.8 Å². The molecule has 33 heavy (non-hydrogen) atoms. The minimum Gasteiger partial charge on any atom is -0.460 e. The van der Waals surface area contributed by atoms with E-state index >= 15 is 0 Å². The number of nitrogens with one attached hydrogen (secondary N) is 2. The summed E-state index contributed by atoms with van der Waals surface area (Å²) in [6.07, 6.45) is 2.21. The number of guanidine groups is 1. The SMILES string of the molecule is CN(C)C(=O)CN=C(NCCC(=O)OC(C)(C)C)NC1CCN(Cc2ccccc2)CC1.I. The summed E-state index contributed by atoms with van der Waals surface area (Å²) in [6, 6.07) is 10.8. The van der Waals surface area contributed by atoms with Gasteiger partial charge in [-0.3, -0.25) is 14.5 Å². The quantitative estimate of drug-likeness (QED) is 0.215. The van der Waals surface area contributed by atoms with Crippen LogP contribution in [0.3, 0.4) is 0 Å². The van der Waals surface area contributed by atoms with Crippen molar-refractivity contribution in [1.29, 1.82) is 0 Å². The number of rotatable bonds is 8. The lowest BCUT2D eigenvalue weighted by Crippen LogP contribution is -2.49. The Morgan fingerprint density at radius 1 is 1.15 bits per heavy atom. The number of piperidine rings is 1. The highest BCUT2D eigenvalue weighted by Gasteiger charge is 2.21. The molecule has 8 nitrogen and oxygen atoms in total. The van der Waals surface area contributed by atoms with E-state index in [9.17, 15) is 9.59 Å². The fourth-order valence-electron chi connectivity index (χ4n) is 3.39. The Labute approximate surface area is 215 Å². The van der Waals surface area contributed by atoms with Gasteiger partial charge in [-0.2, -0.15) is 0 Å². The molecular formula is C24H40IN5O3. The molecule has 0 aromatic heterocycles. The fraction of sp³-hybridized carbons (Fsp3) is 0.625. The predicted octanol–water partition coefficient (Wildman–Crippen LogP) is 2.62. The lowest BCUT2D eigenvalue weighted by molar-refractivity contribution is -0.154. The van der Waals surface area contributed by atoms with E-state index in [0.717, 1.165) is 32.5 Å². The Bertz CT molecular complexity index is 757.